The number of rotatable bonds is 4. The fourth-order valence-electron chi connectivity index (χ4n) is 1.98. The zero-order valence-electron chi connectivity index (χ0n) is 11.8. The van der Waals surface area contributed by atoms with E-state index in [1.165, 1.54) is 16.7 Å². The van der Waals surface area contributed by atoms with Gasteiger partial charge < -0.3 is 4.90 Å². The van der Waals surface area contributed by atoms with Crippen LogP contribution in [-0.4, -0.2) is 25.2 Å². The highest BCUT2D eigenvalue weighted by Gasteiger charge is 2.05. The second-order valence-corrected chi connectivity index (χ2v) is 5.53. The van der Waals surface area contributed by atoms with Gasteiger partial charge in [-0.3, -0.25) is 0 Å². The molecule has 2 aromatic rings. The van der Waals surface area contributed by atoms with Crippen molar-refractivity contribution >= 4 is 15.1 Å². The number of benzene rings is 1. The van der Waals surface area contributed by atoms with Crippen LogP contribution in [0.4, 0.5) is 5.82 Å². The minimum Gasteiger partial charge on any atom is -0.363 e. The molecule has 19 heavy (non-hydrogen) atoms. The van der Waals surface area contributed by atoms with E-state index in [1.807, 2.05) is 25.2 Å². The van der Waals surface area contributed by atoms with Crippen LogP contribution in [0.1, 0.15) is 18.4 Å². The Balaban J connectivity index is 2.31. The third-order valence-corrected chi connectivity index (χ3v) is 4.06. The Bertz CT molecular complexity index is 535. The molecule has 0 fully saturated rings. The van der Waals surface area contributed by atoms with Gasteiger partial charge in [0.1, 0.15) is 5.82 Å². The molecule has 3 heteroatoms. The molecule has 1 aromatic heterocycles. The van der Waals surface area contributed by atoms with Gasteiger partial charge in [-0.25, -0.2) is 4.98 Å². The first-order valence-corrected chi connectivity index (χ1v) is 7.37. The summed E-state index contributed by atoms with van der Waals surface area (Å²) >= 11 is 0. The lowest BCUT2D eigenvalue weighted by Gasteiger charge is -2.13. The van der Waals surface area contributed by atoms with E-state index in [0.29, 0.717) is 5.92 Å². The molecule has 1 heterocycles. The van der Waals surface area contributed by atoms with Crippen molar-refractivity contribution in [3.63, 3.8) is 0 Å². The molecule has 0 aliphatic carbocycles. The van der Waals surface area contributed by atoms with E-state index < -0.39 is 0 Å². The van der Waals surface area contributed by atoms with Crippen LogP contribution >= 0.6 is 9.24 Å². The van der Waals surface area contributed by atoms with Crippen molar-refractivity contribution in [1.29, 1.82) is 0 Å². The van der Waals surface area contributed by atoms with E-state index in [0.717, 1.165) is 12.0 Å². The number of aromatic nitrogens is 1. The highest BCUT2D eigenvalue weighted by Crippen LogP contribution is 2.25. The van der Waals surface area contributed by atoms with Gasteiger partial charge in [0.25, 0.3) is 0 Å². The average Bonchev–Trinajstić information content (AvgIpc) is 2.46. The normalized spacial score (nSPS) is 12.2. The van der Waals surface area contributed by atoms with E-state index in [4.69, 9.17) is 0 Å². The molecule has 0 saturated carbocycles. The van der Waals surface area contributed by atoms with Crippen LogP contribution in [0, 0.1) is 0 Å². The molecule has 0 bridgehead atoms. The molecular formula is C16H21N2P. The predicted molar refractivity (Wildman–Crippen MR) is 87.0 cm³/mol. The molecule has 2 nitrogen and oxygen atoms in total. The first kappa shape index (κ1) is 14.0. The molecule has 1 unspecified atom stereocenters. The molecule has 100 valence electrons. The first-order chi connectivity index (χ1) is 9.11. The smallest absolute Gasteiger partial charge is 0.127 e. The summed E-state index contributed by atoms with van der Waals surface area (Å²) in [4.78, 5) is 6.48. The molecule has 0 spiro atoms. The van der Waals surface area contributed by atoms with Gasteiger partial charge in [0.2, 0.25) is 0 Å². The van der Waals surface area contributed by atoms with Gasteiger partial charge >= 0.3 is 0 Å². The van der Waals surface area contributed by atoms with Crippen LogP contribution in [0.15, 0.2) is 42.6 Å². The summed E-state index contributed by atoms with van der Waals surface area (Å²) in [6, 6.07) is 12.9. The van der Waals surface area contributed by atoms with E-state index >= 15 is 0 Å². The van der Waals surface area contributed by atoms with Crippen molar-refractivity contribution in [2.24, 2.45) is 0 Å². The van der Waals surface area contributed by atoms with Crippen molar-refractivity contribution in [1.82, 2.24) is 4.98 Å². The largest absolute Gasteiger partial charge is 0.363 e. The van der Waals surface area contributed by atoms with Crippen molar-refractivity contribution in [3.8, 4) is 11.1 Å². The van der Waals surface area contributed by atoms with Crippen molar-refractivity contribution in [3.05, 3.63) is 48.2 Å². The molecule has 0 saturated heterocycles. The van der Waals surface area contributed by atoms with E-state index in [9.17, 15) is 0 Å². The Hall–Kier alpha value is -1.40. The number of anilines is 1. The second kappa shape index (κ2) is 6.16. The molecule has 0 N–H and O–H groups in total. The summed E-state index contributed by atoms with van der Waals surface area (Å²) < 4.78 is 0. The van der Waals surface area contributed by atoms with Gasteiger partial charge in [-0.1, -0.05) is 31.2 Å². The first-order valence-electron chi connectivity index (χ1n) is 6.55. The van der Waals surface area contributed by atoms with Gasteiger partial charge in [-0.05, 0) is 35.3 Å². The van der Waals surface area contributed by atoms with Crippen LogP contribution in [0.25, 0.3) is 11.1 Å². The molecule has 2 rings (SSSR count). The number of nitrogens with zero attached hydrogens (tertiary/aromatic N) is 2. The molecule has 0 amide bonds. The van der Waals surface area contributed by atoms with Crippen LogP contribution < -0.4 is 4.90 Å². The number of pyridine rings is 1. The molecular weight excluding hydrogens is 251 g/mol. The Morgan fingerprint density at radius 1 is 1.16 bits per heavy atom. The third kappa shape index (κ3) is 3.33. The van der Waals surface area contributed by atoms with Gasteiger partial charge in [-0.2, -0.15) is 0 Å². The van der Waals surface area contributed by atoms with Gasteiger partial charge in [0.05, 0.1) is 0 Å². The van der Waals surface area contributed by atoms with E-state index in [1.54, 1.807) is 0 Å². The minimum atomic E-state index is 0.568. The van der Waals surface area contributed by atoms with Crippen LogP contribution in [0.5, 0.6) is 0 Å². The van der Waals surface area contributed by atoms with Crippen LogP contribution in [0.3, 0.4) is 0 Å². The monoisotopic (exact) mass is 272 g/mol. The fraction of sp³-hybridized carbons (Fsp3) is 0.312. The molecule has 2 atom stereocenters. The maximum absolute atomic E-state index is 4.47. The lowest BCUT2D eigenvalue weighted by atomic mass is 9.98. The molecule has 0 aliphatic rings. The molecule has 0 aliphatic heterocycles. The van der Waals surface area contributed by atoms with E-state index in [-0.39, 0.29) is 0 Å². The summed E-state index contributed by atoms with van der Waals surface area (Å²) in [6.45, 7) is 2.25. The summed E-state index contributed by atoms with van der Waals surface area (Å²) in [6.07, 6.45) is 3.03. The fourth-order valence-corrected chi connectivity index (χ4v) is 2.25. The summed E-state index contributed by atoms with van der Waals surface area (Å²) in [7, 11) is 6.82. The Kier molecular flexibility index (Phi) is 4.55. The maximum Gasteiger partial charge on any atom is 0.127 e. The Morgan fingerprint density at radius 2 is 1.95 bits per heavy atom. The molecule has 1 aromatic carbocycles. The third-order valence-electron chi connectivity index (χ3n) is 3.35. The zero-order valence-corrected chi connectivity index (χ0v) is 13.0. The number of hydrogen-bond donors (Lipinski definition) is 0. The van der Waals surface area contributed by atoms with Crippen molar-refractivity contribution in [2.75, 3.05) is 25.2 Å². The van der Waals surface area contributed by atoms with Crippen molar-refractivity contribution in [2.45, 2.75) is 12.8 Å². The minimum absolute atomic E-state index is 0.568. The SMILES string of the molecule is C[C@H](CP)c1cccc(-c2ccc(N(C)C)nc2)c1. The number of hydrogen-bond acceptors (Lipinski definition) is 2. The summed E-state index contributed by atoms with van der Waals surface area (Å²) in [5.74, 6) is 1.55. The standard InChI is InChI=1S/C16H21N2P/c1-12(11-19)13-5-4-6-14(9-13)15-7-8-16(17-10-15)18(2)3/h4-10,12H,11,19H2,1-3H3/t12-/m1/s1. The average molecular weight is 272 g/mol. The quantitative estimate of drug-likeness (QED) is 0.787. The summed E-state index contributed by atoms with van der Waals surface area (Å²) in [5.41, 5.74) is 3.79. The molecule has 0 radical (unpaired) electrons. The highest BCUT2D eigenvalue weighted by atomic mass is 31.0. The Morgan fingerprint density at radius 3 is 2.53 bits per heavy atom. The summed E-state index contributed by atoms with van der Waals surface area (Å²) in [5, 5.41) is 0. The lowest BCUT2D eigenvalue weighted by molar-refractivity contribution is 0.882. The van der Waals surface area contributed by atoms with Gasteiger partial charge in [0.15, 0.2) is 0 Å². The van der Waals surface area contributed by atoms with Crippen molar-refractivity contribution < 1.29 is 0 Å². The second-order valence-electron chi connectivity index (χ2n) is 5.06. The highest BCUT2D eigenvalue weighted by molar-refractivity contribution is 7.16. The van der Waals surface area contributed by atoms with Gasteiger partial charge in [0, 0.05) is 25.9 Å². The zero-order chi connectivity index (χ0) is 13.8. The predicted octanol–water partition coefficient (Wildman–Crippen LogP) is 3.79. The topological polar surface area (TPSA) is 16.1 Å². The maximum atomic E-state index is 4.47. The van der Waals surface area contributed by atoms with Crippen LogP contribution in [0.2, 0.25) is 0 Å². The lowest BCUT2D eigenvalue weighted by Crippen LogP contribution is -2.09. The Labute approximate surface area is 118 Å². The van der Waals surface area contributed by atoms with Gasteiger partial charge in [-0.15, -0.1) is 9.24 Å². The van der Waals surface area contributed by atoms with E-state index in [2.05, 4.69) is 57.5 Å². The van der Waals surface area contributed by atoms with Crippen LogP contribution in [-0.2, 0) is 0 Å².